The highest BCUT2D eigenvalue weighted by molar-refractivity contribution is 7.89. The summed E-state index contributed by atoms with van der Waals surface area (Å²) in [4.78, 5) is 12.6. The number of amides is 1. The third-order valence-electron chi connectivity index (χ3n) is 4.01. The molecule has 1 aromatic carbocycles. The van der Waals surface area contributed by atoms with Gasteiger partial charge in [0.1, 0.15) is 11.3 Å². The van der Waals surface area contributed by atoms with Gasteiger partial charge in [0.25, 0.3) is 5.91 Å². The molecule has 0 unspecified atom stereocenters. The minimum atomic E-state index is -3.55. The fraction of sp³-hybridized carbons (Fsp3) is 0.412. The summed E-state index contributed by atoms with van der Waals surface area (Å²) in [7, 11) is -2.01. The van der Waals surface area contributed by atoms with Crippen LogP contribution in [-0.2, 0) is 16.4 Å². The van der Waals surface area contributed by atoms with Crippen molar-refractivity contribution in [2.24, 2.45) is 0 Å². The molecule has 0 aliphatic heterocycles. The summed E-state index contributed by atoms with van der Waals surface area (Å²) in [6, 6.07) is 5.94. The molecule has 0 atom stereocenters. The standard InChI is InChI=1S/C17H23N3O4S/c1-6-15-16(12(4)24-19-15)17(21)18-13-7-9-14(10-8-13)25(22,23)20(5)11(2)3/h7-11H,6H2,1-5H3,(H,18,21). The summed E-state index contributed by atoms with van der Waals surface area (Å²) in [6.07, 6.45) is 0.582. The van der Waals surface area contributed by atoms with Crippen molar-refractivity contribution >= 4 is 21.6 Å². The lowest BCUT2D eigenvalue weighted by molar-refractivity contribution is 0.102. The van der Waals surface area contributed by atoms with Gasteiger partial charge in [-0.15, -0.1) is 0 Å². The van der Waals surface area contributed by atoms with Crippen LogP contribution in [0, 0.1) is 6.92 Å². The first kappa shape index (κ1) is 19.1. The molecule has 7 nitrogen and oxygen atoms in total. The van der Waals surface area contributed by atoms with Gasteiger partial charge in [-0.1, -0.05) is 12.1 Å². The second-order valence-corrected chi connectivity index (χ2v) is 8.01. The Kier molecular flexibility index (Phi) is 5.64. The van der Waals surface area contributed by atoms with Gasteiger partial charge < -0.3 is 9.84 Å². The second kappa shape index (κ2) is 7.37. The SMILES string of the molecule is CCc1noc(C)c1C(=O)Nc1ccc(S(=O)(=O)N(C)C(C)C)cc1. The molecule has 25 heavy (non-hydrogen) atoms. The van der Waals surface area contributed by atoms with Crippen LogP contribution in [0.15, 0.2) is 33.7 Å². The third kappa shape index (κ3) is 3.91. The zero-order valence-electron chi connectivity index (χ0n) is 15.0. The Hall–Kier alpha value is -2.19. The van der Waals surface area contributed by atoms with Crippen molar-refractivity contribution in [3.8, 4) is 0 Å². The molecule has 0 radical (unpaired) electrons. The Morgan fingerprint density at radius 1 is 1.28 bits per heavy atom. The predicted octanol–water partition coefficient (Wildman–Crippen LogP) is 2.83. The fourth-order valence-corrected chi connectivity index (χ4v) is 3.67. The third-order valence-corrected chi connectivity index (χ3v) is 6.06. The van der Waals surface area contributed by atoms with E-state index in [0.717, 1.165) is 0 Å². The number of hydrogen-bond donors (Lipinski definition) is 1. The number of aromatic nitrogens is 1. The van der Waals surface area contributed by atoms with E-state index in [-0.39, 0.29) is 16.8 Å². The maximum absolute atomic E-state index is 12.4. The Balaban J connectivity index is 2.21. The van der Waals surface area contributed by atoms with Crippen molar-refractivity contribution in [2.75, 3.05) is 12.4 Å². The quantitative estimate of drug-likeness (QED) is 0.850. The fourth-order valence-electron chi connectivity index (χ4n) is 2.30. The van der Waals surface area contributed by atoms with Crippen LogP contribution in [0.4, 0.5) is 5.69 Å². The Morgan fingerprint density at radius 2 is 1.88 bits per heavy atom. The number of nitrogens with zero attached hydrogens (tertiary/aromatic N) is 2. The van der Waals surface area contributed by atoms with Gasteiger partial charge in [-0.2, -0.15) is 4.31 Å². The van der Waals surface area contributed by atoms with Gasteiger partial charge in [0.2, 0.25) is 10.0 Å². The molecule has 1 aromatic heterocycles. The first-order valence-corrected chi connectivity index (χ1v) is 9.47. The number of anilines is 1. The van der Waals surface area contributed by atoms with Gasteiger partial charge in [0, 0.05) is 18.8 Å². The van der Waals surface area contributed by atoms with Crippen LogP contribution in [-0.4, -0.2) is 36.9 Å². The molecule has 136 valence electrons. The molecule has 8 heteroatoms. The van der Waals surface area contributed by atoms with E-state index < -0.39 is 10.0 Å². The number of carbonyl (C=O) groups excluding carboxylic acids is 1. The van der Waals surface area contributed by atoms with Crippen LogP contribution in [0.1, 0.15) is 42.6 Å². The van der Waals surface area contributed by atoms with E-state index in [1.165, 1.54) is 23.5 Å². The lowest BCUT2D eigenvalue weighted by atomic mass is 10.1. The lowest BCUT2D eigenvalue weighted by Gasteiger charge is -2.21. The summed E-state index contributed by atoms with van der Waals surface area (Å²) < 4.78 is 31.2. The maximum atomic E-state index is 12.4. The van der Waals surface area contributed by atoms with Gasteiger partial charge in [-0.05, 0) is 51.5 Å². The Labute approximate surface area is 148 Å². The van der Waals surface area contributed by atoms with E-state index in [9.17, 15) is 13.2 Å². The molecule has 1 N–H and O–H groups in total. The zero-order chi connectivity index (χ0) is 18.8. The van der Waals surface area contributed by atoms with E-state index in [4.69, 9.17) is 4.52 Å². The number of nitrogens with one attached hydrogen (secondary N) is 1. The number of sulfonamides is 1. The summed E-state index contributed by atoms with van der Waals surface area (Å²) in [5.41, 5.74) is 1.50. The summed E-state index contributed by atoms with van der Waals surface area (Å²) in [5, 5.41) is 6.60. The molecular weight excluding hydrogens is 342 g/mol. The van der Waals surface area contributed by atoms with Crippen molar-refractivity contribution in [2.45, 2.75) is 45.1 Å². The van der Waals surface area contributed by atoms with Crippen LogP contribution in [0.5, 0.6) is 0 Å². The predicted molar refractivity (Wildman–Crippen MR) is 95.1 cm³/mol. The average molecular weight is 365 g/mol. The topological polar surface area (TPSA) is 92.5 Å². The minimum Gasteiger partial charge on any atom is -0.361 e. The molecule has 1 heterocycles. The molecule has 0 bridgehead atoms. The number of hydrogen-bond acceptors (Lipinski definition) is 5. The number of carbonyl (C=O) groups is 1. The van der Waals surface area contributed by atoms with Crippen molar-refractivity contribution < 1.29 is 17.7 Å². The van der Waals surface area contributed by atoms with E-state index in [0.29, 0.717) is 29.1 Å². The molecule has 2 aromatic rings. The smallest absolute Gasteiger partial charge is 0.261 e. The summed E-state index contributed by atoms with van der Waals surface area (Å²) >= 11 is 0. The first-order chi connectivity index (χ1) is 11.7. The molecule has 0 fully saturated rings. The summed E-state index contributed by atoms with van der Waals surface area (Å²) in [5.74, 6) is 0.123. The number of benzene rings is 1. The average Bonchev–Trinajstić information content (AvgIpc) is 2.95. The molecule has 0 saturated heterocycles. The van der Waals surface area contributed by atoms with Crippen LogP contribution in [0.3, 0.4) is 0 Å². The normalized spacial score (nSPS) is 12.0. The lowest BCUT2D eigenvalue weighted by Crippen LogP contribution is -2.33. The monoisotopic (exact) mass is 365 g/mol. The van der Waals surface area contributed by atoms with Gasteiger partial charge in [-0.3, -0.25) is 4.79 Å². The molecule has 1 amide bonds. The minimum absolute atomic E-state index is 0.145. The van der Waals surface area contributed by atoms with E-state index in [1.54, 1.807) is 32.9 Å². The van der Waals surface area contributed by atoms with Crippen LogP contribution < -0.4 is 5.32 Å². The van der Waals surface area contributed by atoms with E-state index in [1.807, 2.05) is 6.92 Å². The van der Waals surface area contributed by atoms with E-state index >= 15 is 0 Å². The Bertz CT molecular complexity index is 855. The van der Waals surface area contributed by atoms with Gasteiger partial charge >= 0.3 is 0 Å². The van der Waals surface area contributed by atoms with Gasteiger partial charge in [0.15, 0.2) is 0 Å². The molecule has 0 aliphatic rings. The maximum Gasteiger partial charge on any atom is 0.261 e. The van der Waals surface area contributed by atoms with Crippen LogP contribution >= 0.6 is 0 Å². The largest absolute Gasteiger partial charge is 0.361 e. The highest BCUT2D eigenvalue weighted by Crippen LogP contribution is 2.21. The highest BCUT2D eigenvalue weighted by atomic mass is 32.2. The zero-order valence-corrected chi connectivity index (χ0v) is 15.8. The van der Waals surface area contributed by atoms with Crippen molar-refractivity contribution in [1.29, 1.82) is 0 Å². The molecule has 0 saturated carbocycles. The molecule has 0 aliphatic carbocycles. The second-order valence-electron chi connectivity index (χ2n) is 6.01. The Morgan fingerprint density at radius 3 is 2.40 bits per heavy atom. The molecule has 0 spiro atoms. The van der Waals surface area contributed by atoms with Gasteiger partial charge in [-0.25, -0.2) is 8.42 Å². The highest BCUT2D eigenvalue weighted by Gasteiger charge is 2.23. The van der Waals surface area contributed by atoms with Crippen molar-refractivity contribution in [1.82, 2.24) is 9.46 Å². The first-order valence-electron chi connectivity index (χ1n) is 8.03. The number of aryl methyl sites for hydroxylation is 2. The van der Waals surface area contributed by atoms with Crippen molar-refractivity contribution in [3.63, 3.8) is 0 Å². The van der Waals surface area contributed by atoms with Crippen molar-refractivity contribution in [3.05, 3.63) is 41.3 Å². The van der Waals surface area contributed by atoms with E-state index in [2.05, 4.69) is 10.5 Å². The van der Waals surface area contributed by atoms with Crippen LogP contribution in [0.25, 0.3) is 0 Å². The van der Waals surface area contributed by atoms with Crippen LogP contribution in [0.2, 0.25) is 0 Å². The molecular formula is C17H23N3O4S. The summed E-state index contributed by atoms with van der Waals surface area (Å²) in [6.45, 7) is 7.18. The molecule has 2 rings (SSSR count). The number of rotatable bonds is 6. The van der Waals surface area contributed by atoms with Gasteiger partial charge in [0.05, 0.1) is 10.6 Å².